The fourth-order valence-electron chi connectivity index (χ4n) is 4.25. The lowest BCUT2D eigenvalue weighted by Crippen LogP contribution is -2.51. The van der Waals surface area contributed by atoms with E-state index in [2.05, 4.69) is 44.2 Å². The fraction of sp³-hybridized carbons (Fsp3) is 0.686. The average Bonchev–Trinajstić information content (AvgIpc) is 3.35. The standard InChI is InChI=1S/C35H58N4O10Si/c1-32(2,3)46-27(40)26(49-50(13,14)35(10,11)12)22-45-24-17-15-23(16-18-24)25-21-39(30(42)43)28(37-25)38(31(44)48-34(7,8)9)20-19-36-29(41)47-33(4,5)6/h15-18,25-26H,19-22H2,1-14H3,(H,36,41)(H,42,43)/t25-,26?/m1/s1. The van der Waals surface area contributed by atoms with E-state index in [4.69, 9.17) is 23.4 Å². The van der Waals surface area contributed by atoms with Crippen molar-refractivity contribution >= 4 is 38.5 Å². The van der Waals surface area contributed by atoms with Gasteiger partial charge >= 0.3 is 24.2 Å². The van der Waals surface area contributed by atoms with Crippen molar-refractivity contribution in [2.24, 2.45) is 4.99 Å². The van der Waals surface area contributed by atoms with Gasteiger partial charge in [0.25, 0.3) is 0 Å². The maximum atomic E-state index is 13.3. The number of hydrogen-bond acceptors (Lipinski definition) is 10. The van der Waals surface area contributed by atoms with Crippen LogP contribution in [0.3, 0.4) is 0 Å². The molecule has 1 unspecified atom stereocenters. The van der Waals surface area contributed by atoms with Crippen LogP contribution >= 0.6 is 0 Å². The summed E-state index contributed by atoms with van der Waals surface area (Å²) in [4.78, 5) is 57.7. The third kappa shape index (κ3) is 13.5. The van der Waals surface area contributed by atoms with Crippen LogP contribution in [0.25, 0.3) is 0 Å². The molecule has 1 aliphatic heterocycles. The van der Waals surface area contributed by atoms with E-state index >= 15 is 0 Å². The normalized spacial score (nSPS) is 16.2. The number of carbonyl (C=O) groups excluding carboxylic acids is 3. The molecule has 0 saturated heterocycles. The van der Waals surface area contributed by atoms with Crippen LogP contribution in [0, 0.1) is 0 Å². The Morgan fingerprint density at radius 2 is 1.44 bits per heavy atom. The molecule has 14 nitrogen and oxygen atoms in total. The Morgan fingerprint density at radius 1 is 0.900 bits per heavy atom. The first-order chi connectivity index (χ1) is 22.6. The molecule has 1 aromatic rings. The highest BCUT2D eigenvalue weighted by Gasteiger charge is 2.42. The van der Waals surface area contributed by atoms with Crippen molar-refractivity contribution in [3.63, 3.8) is 0 Å². The lowest BCUT2D eigenvalue weighted by molar-refractivity contribution is -0.165. The van der Waals surface area contributed by atoms with Crippen molar-refractivity contribution in [1.82, 2.24) is 15.1 Å². The predicted molar refractivity (Wildman–Crippen MR) is 192 cm³/mol. The van der Waals surface area contributed by atoms with Crippen LogP contribution in [-0.2, 0) is 23.4 Å². The first-order valence-electron chi connectivity index (χ1n) is 16.8. The summed E-state index contributed by atoms with van der Waals surface area (Å²) in [6.07, 6.45) is -3.76. The van der Waals surface area contributed by atoms with Gasteiger partial charge in [-0.15, -0.1) is 0 Å². The highest BCUT2D eigenvalue weighted by atomic mass is 28.4. The lowest BCUT2D eigenvalue weighted by Gasteiger charge is -2.39. The Morgan fingerprint density at radius 3 is 1.92 bits per heavy atom. The molecule has 1 aliphatic rings. The number of hydrogen-bond donors (Lipinski definition) is 2. The molecule has 3 amide bonds. The summed E-state index contributed by atoms with van der Waals surface area (Å²) in [7, 11) is -2.36. The van der Waals surface area contributed by atoms with E-state index in [1.54, 1.807) is 86.6 Å². The highest BCUT2D eigenvalue weighted by Crippen LogP contribution is 2.38. The molecule has 0 radical (unpaired) electrons. The zero-order valence-electron chi connectivity index (χ0n) is 32.3. The number of carboxylic acid groups (broad SMARTS) is 1. The van der Waals surface area contributed by atoms with E-state index in [-0.39, 0.29) is 37.2 Å². The summed E-state index contributed by atoms with van der Waals surface area (Å²) in [5, 5.41) is 12.5. The van der Waals surface area contributed by atoms with Crippen LogP contribution in [0.15, 0.2) is 29.3 Å². The molecule has 2 atom stereocenters. The second-order valence-electron chi connectivity index (χ2n) is 16.7. The number of benzene rings is 1. The first kappa shape index (κ1) is 42.3. The zero-order chi connectivity index (χ0) is 38.5. The van der Waals surface area contributed by atoms with Crippen LogP contribution in [0.4, 0.5) is 14.4 Å². The Labute approximate surface area is 297 Å². The maximum Gasteiger partial charge on any atom is 0.417 e. The summed E-state index contributed by atoms with van der Waals surface area (Å²) >= 11 is 0. The fourth-order valence-corrected chi connectivity index (χ4v) is 5.47. The van der Waals surface area contributed by atoms with Gasteiger partial charge in [0.05, 0.1) is 12.6 Å². The second kappa shape index (κ2) is 16.0. The number of aliphatic imine (C=N–C) groups is 1. The number of guanidine groups is 1. The SMILES string of the molecule is CC(C)(C)OC(=O)NCCN(C(=O)OC(C)(C)C)C1=N[C@@H](c2ccc(OCC(O[Si](C)(C)C(C)(C)C)C(=O)OC(C)(C)C)cc2)CN1C(=O)O. The van der Waals surface area contributed by atoms with Gasteiger partial charge in [0.15, 0.2) is 14.4 Å². The molecule has 50 heavy (non-hydrogen) atoms. The molecule has 0 fully saturated rings. The zero-order valence-corrected chi connectivity index (χ0v) is 33.3. The number of nitrogens with one attached hydrogen (secondary N) is 1. The Balaban J connectivity index is 2.30. The number of carbonyl (C=O) groups is 4. The molecular weight excluding hydrogens is 664 g/mol. The summed E-state index contributed by atoms with van der Waals surface area (Å²) in [5.41, 5.74) is -1.65. The van der Waals surface area contributed by atoms with Gasteiger partial charge in [-0.1, -0.05) is 32.9 Å². The maximum absolute atomic E-state index is 13.3. The summed E-state index contributed by atoms with van der Waals surface area (Å²) < 4.78 is 28.9. The minimum absolute atomic E-state index is 0.0548. The highest BCUT2D eigenvalue weighted by molar-refractivity contribution is 6.74. The van der Waals surface area contributed by atoms with Crippen LogP contribution < -0.4 is 10.1 Å². The quantitative estimate of drug-likeness (QED) is 0.147. The Kier molecular flexibility index (Phi) is 13.5. The Hall–Kier alpha value is -3.85. The third-order valence-corrected chi connectivity index (χ3v) is 12.0. The lowest BCUT2D eigenvalue weighted by atomic mass is 10.1. The van der Waals surface area contributed by atoms with Gasteiger partial charge in [-0.2, -0.15) is 0 Å². The van der Waals surface area contributed by atoms with Gasteiger partial charge in [-0.3, -0.25) is 0 Å². The van der Waals surface area contributed by atoms with Gasteiger partial charge in [0, 0.05) is 13.1 Å². The van der Waals surface area contributed by atoms with Gasteiger partial charge in [-0.25, -0.2) is 34.0 Å². The van der Waals surface area contributed by atoms with Gasteiger partial charge in [0.1, 0.15) is 29.2 Å². The van der Waals surface area contributed by atoms with Gasteiger partial charge in [-0.05, 0) is 98.1 Å². The molecule has 282 valence electrons. The molecule has 0 saturated carbocycles. The van der Waals surface area contributed by atoms with Crippen molar-refractivity contribution in [3.8, 4) is 5.75 Å². The van der Waals surface area contributed by atoms with Crippen LogP contribution in [0.5, 0.6) is 5.75 Å². The van der Waals surface area contributed by atoms with E-state index in [0.29, 0.717) is 11.3 Å². The number of nitrogens with zero attached hydrogens (tertiary/aromatic N) is 3. The van der Waals surface area contributed by atoms with Crippen LogP contribution in [0.1, 0.15) is 94.7 Å². The minimum Gasteiger partial charge on any atom is -0.490 e. The smallest absolute Gasteiger partial charge is 0.417 e. The van der Waals surface area contributed by atoms with E-state index in [9.17, 15) is 24.3 Å². The molecule has 0 aromatic heterocycles. The van der Waals surface area contributed by atoms with Crippen molar-refractivity contribution in [2.45, 2.75) is 130 Å². The van der Waals surface area contributed by atoms with E-state index in [1.807, 2.05) is 0 Å². The number of esters is 1. The van der Waals surface area contributed by atoms with Crippen molar-refractivity contribution in [1.29, 1.82) is 0 Å². The number of amides is 3. The van der Waals surface area contributed by atoms with Crippen molar-refractivity contribution in [2.75, 3.05) is 26.2 Å². The monoisotopic (exact) mass is 722 g/mol. The van der Waals surface area contributed by atoms with E-state index in [1.165, 1.54) is 0 Å². The molecule has 0 spiro atoms. The Bertz CT molecular complexity index is 1390. The molecular formula is C35H58N4O10Si. The summed E-state index contributed by atoms with van der Waals surface area (Å²) in [6, 6.07) is 6.22. The number of ether oxygens (including phenoxy) is 4. The number of alkyl carbamates (subject to hydrolysis) is 1. The molecule has 15 heteroatoms. The van der Waals surface area contributed by atoms with Crippen molar-refractivity contribution in [3.05, 3.63) is 29.8 Å². The van der Waals surface area contributed by atoms with Crippen LogP contribution in [0.2, 0.25) is 18.1 Å². The van der Waals surface area contributed by atoms with Crippen LogP contribution in [-0.4, -0.2) is 103 Å². The molecule has 1 aromatic carbocycles. The number of rotatable bonds is 10. The topological polar surface area (TPSA) is 166 Å². The molecule has 2 N–H and O–H groups in total. The molecule has 1 heterocycles. The summed E-state index contributed by atoms with van der Waals surface area (Å²) in [5.74, 6) is -0.176. The first-order valence-corrected chi connectivity index (χ1v) is 19.7. The molecule has 2 rings (SSSR count). The molecule has 0 aliphatic carbocycles. The molecule has 0 bridgehead atoms. The largest absolute Gasteiger partial charge is 0.490 e. The predicted octanol–water partition coefficient (Wildman–Crippen LogP) is 6.95. The third-order valence-electron chi connectivity index (χ3n) is 7.54. The van der Waals surface area contributed by atoms with Gasteiger partial charge in [0.2, 0.25) is 5.96 Å². The van der Waals surface area contributed by atoms with E-state index < -0.39 is 61.5 Å². The summed E-state index contributed by atoms with van der Waals surface area (Å²) in [6.45, 7) is 25.7. The van der Waals surface area contributed by atoms with E-state index in [0.717, 1.165) is 9.80 Å². The van der Waals surface area contributed by atoms with Crippen molar-refractivity contribution < 1.29 is 47.7 Å². The average molecular weight is 723 g/mol. The van der Waals surface area contributed by atoms with Gasteiger partial charge < -0.3 is 33.8 Å². The minimum atomic E-state index is -2.36. The second-order valence-corrected chi connectivity index (χ2v) is 21.4.